The van der Waals surface area contributed by atoms with Gasteiger partial charge in [0.05, 0.1) is 17.0 Å². The highest BCUT2D eigenvalue weighted by molar-refractivity contribution is 7.90. The summed E-state index contributed by atoms with van der Waals surface area (Å²) in [6.45, 7) is 7.55. The Balaban J connectivity index is 2.81. The van der Waals surface area contributed by atoms with E-state index in [1.165, 1.54) is 12.1 Å². The first-order valence-electron chi connectivity index (χ1n) is 6.79. The molecule has 0 saturated heterocycles. The second kappa shape index (κ2) is 6.15. The van der Waals surface area contributed by atoms with E-state index in [2.05, 4.69) is 5.32 Å². The molecule has 5 nitrogen and oxygen atoms in total. The number of rotatable bonds is 4. The number of carbonyl (C=O) groups is 1. The third-order valence-corrected chi connectivity index (χ3v) is 4.51. The fraction of sp³-hybridized carbons (Fsp3) is 0.533. The van der Waals surface area contributed by atoms with Gasteiger partial charge in [0.2, 0.25) is 5.91 Å². The number of nitrogens with two attached hydrogens (primary N) is 1. The van der Waals surface area contributed by atoms with Crippen LogP contribution in [-0.4, -0.2) is 26.6 Å². The minimum absolute atomic E-state index is 0.220. The monoisotopic (exact) mass is 312 g/mol. The van der Waals surface area contributed by atoms with Gasteiger partial charge in [0, 0.05) is 6.26 Å². The topological polar surface area (TPSA) is 89.3 Å². The second-order valence-corrected chi connectivity index (χ2v) is 8.43. The summed E-state index contributed by atoms with van der Waals surface area (Å²) in [6, 6.07) is 5.64. The zero-order valence-corrected chi connectivity index (χ0v) is 14.0. The Bertz CT molecular complexity index is 601. The van der Waals surface area contributed by atoms with Gasteiger partial charge >= 0.3 is 0 Å². The number of carbonyl (C=O) groups excluding carboxylic acids is 1. The van der Waals surface area contributed by atoms with Crippen molar-refractivity contribution in [3.63, 3.8) is 0 Å². The summed E-state index contributed by atoms with van der Waals surface area (Å²) >= 11 is 0. The maximum absolute atomic E-state index is 12.1. The van der Waals surface area contributed by atoms with Crippen molar-refractivity contribution >= 4 is 15.7 Å². The molecule has 0 fully saturated rings. The molecule has 0 spiro atoms. The van der Waals surface area contributed by atoms with Crippen molar-refractivity contribution < 1.29 is 13.2 Å². The number of hydrogen-bond donors (Lipinski definition) is 2. The van der Waals surface area contributed by atoms with Gasteiger partial charge in [-0.3, -0.25) is 4.79 Å². The van der Waals surface area contributed by atoms with Gasteiger partial charge in [-0.05, 0) is 30.0 Å². The lowest BCUT2D eigenvalue weighted by Gasteiger charge is -2.27. The first kappa shape index (κ1) is 17.7. The predicted molar refractivity (Wildman–Crippen MR) is 83.5 cm³/mol. The van der Waals surface area contributed by atoms with Crippen LogP contribution in [0.4, 0.5) is 0 Å². The molecule has 1 aromatic carbocycles. The Labute approximate surface area is 126 Å². The number of hydrogen-bond acceptors (Lipinski definition) is 4. The first-order valence-corrected chi connectivity index (χ1v) is 8.68. The second-order valence-electron chi connectivity index (χ2n) is 6.42. The standard InChI is InChI=1S/C15H24N2O3S/c1-10(17-14(18)13(16)15(2,3)4)11-6-8-12(9-7-11)21(5,19)20/h6-10,13H,16H2,1-5H3,(H,17,18). The molecule has 0 aliphatic heterocycles. The molecular weight excluding hydrogens is 288 g/mol. The Kier molecular flexibility index (Phi) is 5.17. The summed E-state index contributed by atoms with van der Waals surface area (Å²) in [5.41, 5.74) is 6.43. The quantitative estimate of drug-likeness (QED) is 0.884. The van der Waals surface area contributed by atoms with Crippen LogP contribution in [0.3, 0.4) is 0 Å². The van der Waals surface area contributed by atoms with Gasteiger partial charge in [0.25, 0.3) is 0 Å². The summed E-state index contributed by atoms with van der Waals surface area (Å²) in [5.74, 6) is -0.220. The summed E-state index contributed by atoms with van der Waals surface area (Å²) in [4.78, 5) is 12.3. The maximum Gasteiger partial charge on any atom is 0.237 e. The molecule has 21 heavy (non-hydrogen) atoms. The molecule has 0 bridgehead atoms. The molecule has 6 heteroatoms. The molecule has 0 aliphatic carbocycles. The van der Waals surface area contributed by atoms with Gasteiger partial charge in [-0.1, -0.05) is 32.9 Å². The summed E-state index contributed by atoms with van der Waals surface area (Å²) in [6.07, 6.45) is 1.16. The molecular formula is C15H24N2O3S. The van der Waals surface area contributed by atoms with E-state index in [4.69, 9.17) is 5.73 Å². The molecule has 1 aromatic rings. The van der Waals surface area contributed by atoms with Crippen molar-refractivity contribution in [2.75, 3.05) is 6.26 Å². The fourth-order valence-corrected chi connectivity index (χ4v) is 2.41. The molecule has 0 saturated carbocycles. The van der Waals surface area contributed by atoms with Gasteiger partial charge < -0.3 is 11.1 Å². The zero-order valence-electron chi connectivity index (χ0n) is 13.2. The zero-order chi connectivity index (χ0) is 16.4. The van der Waals surface area contributed by atoms with Gasteiger partial charge in [0.1, 0.15) is 0 Å². The fourth-order valence-electron chi connectivity index (χ4n) is 1.78. The highest BCUT2D eigenvalue weighted by Gasteiger charge is 2.28. The van der Waals surface area contributed by atoms with Gasteiger partial charge in [-0.2, -0.15) is 0 Å². The van der Waals surface area contributed by atoms with Crippen LogP contribution in [0.15, 0.2) is 29.2 Å². The van der Waals surface area contributed by atoms with Gasteiger partial charge in [-0.15, -0.1) is 0 Å². The van der Waals surface area contributed by atoms with Crippen LogP contribution >= 0.6 is 0 Å². The average molecular weight is 312 g/mol. The van der Waals surface area contributed by atoms with Crippen LogP contribution in [0.1, 0.15) is 39.3 Å². The van der Waals surface area contributed by atoms with Gasteiger partial charge in [0.15, 0.2) is 9.84 Å². The van der Waals surface area contributed by atoms with Crippen LogP contribution in [-0.2, 0) is 14.6 Å². The molecule has 1 amide bonds. The number of amides is 1. The first-order chi connectivity index (χ1) is 9.43. The SMILES string of the molecule is CC(NC(=O)C(N)C(C)(C)C)c1ccc(S(C)(=O)=O)cc1. The summed E-state index contributed by atoms with van der Waals surface area (Å²) < 4.78 is 22.8. The highest BCUT2D eigenvalue weighted by atomic mass is 32.2. The Morgan fingerprint density at radius 1 is 1.19 bits per heavy atom. The molecule has 118 valence electrons. The molecule has 0 radical (unpaired) electrons. The van der Waals surface area contributed by atoms with Gasteiger partial charge in [-0.25, -0.2) is 8.42 Å². The van der Waals surface area contributed by atoms with Crippen molar-refractivity contribution in [1.82, 2.24) is 5.32 Å². The Hall–Kier alpha value is -1.40. The number of sulfone groups is 1. The van der Waals surface area contributed by atoms with Crippen LogP contribution in [0.25, 0.3) is 0 Å². The van der Waals surface area contributed by atoms with Crippen molar-refractivity contribution in [3.05, 3.63) is 29.8 Å². The lowest BCUT2D eigenvalue weighted by atomic mass is 9.86. The van der Waals surface area contributed by atoms with E-state index in [9.17, 15) is 13.2 Å². The van der Waals surface area contributed by atoms with E-state index in [1.807, 2.05) is 27.7 Å². The summed E-state index contributed by atoms with van der Waals surface area (Å²) in [5, 5.41) is 2.85. The van der Waals surface area contributed by atoms with Crippen molar-refractivity contribution in [2.24, 2.45) is 11.1 Å². The van der Waals surface area contributed by atoms with Crippen molar-refractivity contribution in [2.45, 2.75) is 44.7 Å². The normalized spacial score (nSPS) is 15.3. The van der Waals surface area contributed by atoms with E-state index in [0.717, 1.165) is 11.8 Å². The smallest absolute Gasteiger partial charge is 0.237 e. The average Bonchev–Trinajstić information content (AvgIpc) is 2.35. The third-order valence-electron chi connectivity index (χ3n) is 3.38. The molecule has 0 aromatic heterocycles. The minimum Gasteiger partial charge on any atom is -0.348 e. The van der Waals surface area contributed by atoms with Crippen LogP contribution in [0.5, 0.6) is 0 Å². The minimum atomic E-state index is -3.21. The van der Waals surface area contributed by atoms with E-state index in [-0.39, 0.29) is 22.3 Å². The molecule has 1 rings (SSSR count). The van der Waals surface area contributed by atoms with E-state index < -0.39 is 15.9 Å². The predicted octanol–water partition coefficient (Wildman–Crippen LogP) is 1.64. The molecule has 3 N–H and O–H groups in total. The van der Waals surface area contributed by atoms with Crippen LogP contribution in [0, 0.1) is 5.41 Å². The molecule has 2 unspecified atom stereocenters. The largest absolute Gasteiger partial charge is 0.348 e. The van der Waals surface area contributed by atoms with E-state index >= 15 is 0 Å². The highest BCUT2D eigenvalue weighted by Crippen LogP contribution is 2.20. The maximum atomic E-state index is 12.1. The van der Waals surface area contributed by atoms with Crippen LogP contribution < -0.4 is 11.1 Å². The number of nitrogens with one attached hydrogen (secondary N) is 1. The number of benzene rings is 1. The summed E-state index contributed by atoms with van der Waals surface area (Å²) in [7, 11) is -3.21. The molecule has 0 aliphatic rings. The Morgan fingerprint density at radius 3 is 2.05 bits per heavy atom. The molecule has 2 atom stereocenters. The van der Waals surface area contributed by atoms with Crippen molar-refractivity contribution in [1.29, 1.82) is 0 Å². The Morgan fingerprint density at radius 2 is 1.67 bits per heavy atom. The van der Waals surface area contributed by atoms with Crippen molar-refractivity contribution in [3.8, 4) is 0 Å². The lowest BCUT2D eigenvalue weighted by Crippen LogP contribution is -2.49. The van der Waals surface area contributed by atoms with E-state index in [1.54, 1.807) is 12.1 Å². The lowest BCUT2D eigenvalue weighted by molar-refractivity contribution is -0.125. The van der Waals surface area contributed by atoms with E-state index in [0.29, 0.717) is 0 Å². The molecule has 0 heterocycles. The third kappa shape index (κ3) is 4.82. The van der Waals surface area contributed by atoms with Crippen LogP contribution in [0.2, 0.25) is 0 Å².